The Kier molecular flexibility index (Phi) is 7.20. The van der Waals surface area contributed by atoms with Gasteiger partial charge >= 0.3 is 0 Å². The molecule has 0 atom stereocenters. The highest BCUT2D eigenvalue weighted by Gasteiger charge is 2.12. The molecule has 174 valence electrons. The molecule has 4 N–H and O–H groups in total. The van der Waals surface area contributed by atoms with Gasteiger partial charge in [0.1, 0.15) is 0 Å². The number of carbonyl (C=O) groups excluding carboxylic acids is 1. The molecule has 8 nitrogen and oxygen atoms in total. The zero-order valence-electron chi connectivity index (χ0n) is 19.0. The number of anilines is 3. The van der Waals surface area contributed by atoms with Gasteiger partial charge < -0.3 is 16.4 Å². The molecule has 0 aliphatic carbocycles. The summed E-state index contributed by atoms with van der Waals surface area (Å²) < 4.78 is 1.86. The molecule has 0 radical (unpaired) electrons. The van der Waals surface area contributed by atoms with Crippen molar-refractivity contribution >= 4 is 34.8 Å². The lowest BCUT2D eigenvalue weighted by molar-refractivity contribution is 0.102. The Hall–Kier alpha value is -3.75. The molecule has 0 aliphatic rings. The van der Waals surface area contributed by atoms with Crippen LogP contribution in [0, 0.1) is 6.92 Å². The first-order valence-corrected chi connectivity index (χ1v) is 11.5. The molecule has 4 aromatic rings. The highest BCUT2D eigenvalue weighted by molar-refractivity contribution is 6.17. The Balaban J connectivity index is 1.48. The van der Waals surface area contributed by atoms with Crippen LogP contribution in [-0.4, -0.2) is 25.7 Å². The number of aromatic nitrogens is 4. The van der Waals surface area contributed by atoms with Crippen LogP contribution >= 0.6 is 11.6 Å². The zero-order valence-corrected chi connectivity index (χ0v) is 19.8. The highest BCUT2D eigenvalue weighted by atomic mass is 35.5. The second kappa shape index (κ2) is 10.5. The van der Waals surface area contributed by atoms with Crippen LogP contribution in [0.25, 0.3) is 11.3 Å². The van der Waals surface area contributed by atoms with E-state index in [-0.39, 0.29) is 5.91 Å². The van der Waals surface area contributed by atoms with E-state index < -0.39 is 0 Å². The lowest BCUT2D eigenvalue weighted by Gasteiger charge is -2.12. The van der Waals surface area contributed by atoms with Crippen molar-refractivity contribution in [3.8, 4) is 11.3 Å². The molecule has 0 spiro atoms. The molecule has 0 fully saturated rings. The van der Waals surface area contributed by atoms with Crippen molar-refractivity contribution in [2.45, 2.75) is 32.8 Å². The van der Waals surface area contributed by atoms with Crippen LogP contribution in [0.2, 0.25) is 0 Å². The number of halogens is 1. The minimum atomic E-state index is -0.227. The average Bonchev–Trinajstić information content (AvgIpc) is 3.34. The van der Waals surface area contributed by atoms with Gasteiger partial charge in [0.25, 0.3) is 5.91 Å². The summed E-state index contributed by atoms with van der Waals surface area (Å²) in [5.41, 5.74) is 12.2. The maximum Gasteiger partial charge on any atom is 0.255 e. The standard InChI is InChI=1S/C25H26ClN7O/c1-3-33-15-20(14-29-33)23-16(2)13-28-25(32-23)30-21-8-6-18(7-9-21)24(34)31-22-10-17(11-26)4-5-19(22)12-27/h4-10,13-15H,3,11-12,27H2,1-2H3,(H,31,34)(H,28,30,32). The number of rotatable bonds is 8. The average molecular weight is 476 g/mol. The fourth-order valence-electron chi connectivity index (χ4n) is 3.48. The van der Waals surface area contributed by atoms with Gasteiger partial charge in [0.15, 0.2) is 0 Å². The Bertz CT molecular complexity index is 1300. The van der Waals surface area contributed by atoms with E-state index in [1.807, 2.05) is 55.1 Å². The second-order valence-electron chi connectivity index (χ2n) is 7.80. The smallest absolute Gasteiger partial charge is 0.255 e. The summed E-state index contributed by atoms with van der Waals surface area (Å²) in [5, 5.41) is 10.5. The molecule has 34 heavy (non-hydrogen) atoms. The highest BCUT2D eigenvalue weighted by Crippen LogP contribution is 2.24. The van der Waals surface area contributed by atoms with E-state index in [4.69, 9.17) is 17.3 Å². The topological polar surface area (TPSA) is 111 Å². The van der Waals surface area contributed by atoms with Gasteiger partial charge in [-0.15, -0.1) is 11.6 Å². The van der Waals surface area contributed by atoms with Crippen molar-refractivity contribution in [1.29, 1.82) is 0 Å². The van der Waals surface area contributed by atoms with Crippen LogP contribution in [0.5, 0.6) is 0 Å². The van der Waals surface area contributed by atoms with Crippen LogP contribution in [0.3, 0.4) is 0 Å². The van der Waals surface area contributed by atoms with Crippen LogP contribution in [0.4, 0.5) is 17.3 Å². The van der Waals surface area contributed by atoms with Gasteiger partial charge in [0, 0.05) is 53.9 Å². The number of hydrogen-bond acceptors (Lipinski definition) is 6. The predicted molar refractivity (Wildman–Crippen MR) is 135 cm³/mol. The molecular formula is C25H26ClN7O. The normalized spacial score (nSPS) is 10.8. The fraction of sp³-hybridized carbons (Fsp3) is 0.200. The summed E-state index contributed by atoms with van der Waals surface area (Å²) in [6, 6.07) is 12.7. The van der Waals surface area contributed by atoms with Gasteiger partial charge in [-0.25, -0.2) is 9.97 Å². The maximum atomic E-state index is 12.8. The molecule has 0 unspecified atom stereocenters. The van der Waals surface area contributed by atoms with Gasteiger partial charge in [0.05, 0.1) is 11.9 Å². The molecule has 2 aromatic carbocycles. The molecule has 2 aromatic heterocycles. The summed E-state index contributed by atoms with van der Waals surface area (Å²) in [6.45, 7) is 5.11. The lowest BCUT2D eigenvalue weighted by atomic mass is 10.1. The molecule has 9 heteroatoms. The number of hydrogen-bond donors (Lipinski definition) is 3. The number of carbonyl (C=O) groups is 1. The SMILES string of the molecule is CCn1cc(-c2nc(Nc3ccc(C(=O)Nc4cc(CCl)ccc4CN)cc3)ncc2C)cn1. The number of alkyl halides is 1. The zero-order chi connectivity index (χ0) is 24.1. The quantitative estimate of drug-likeness (QED) is 0.314. The van der Waals surface area contributed by atoms with E-state index in [0.29, 0.717) is 29.6 Å². The van der Waals surface area contributed by atoms with Gasteiger partial charge in [-0.05, 0) is 60.9 Å². The number of nitrogens with one attached hydrogen (secondary N) is 2. The van der Waals surface area contributed by atoms with Gasteiger partial charge in [-0.1, -0.05) is 12.1 Å². The van der Waals surface area contributed by atoms with Crippen LogP contribution in [0.15, 0.2) is 61.1 Å². The van der Waals surface area contributed by atoms with E-state index in [0.717, 1.165) is 40.2 Å². The predicted octanol–water partition coefficient (Wildman–Crippen LogP) is 4.86. The van der Waals surface area contributed by atoms with E-state index in [9.17, 15) is 4.79 Å². The largest absolute Gasteiger partial charge is 0.326 e. The van der Waals surface area contributed by atoms with Crippen LogP contribution in [0.1, 0.15) is 34.0 Å². The Morgan fingerprint density at radius 1 is 1.15 bits per heavy atom. The second-order valence-corrected chi connectivity index (χ2v) is 8.06. The Morgan fingerprint density at radius 3 is 2.62 bits per heavy atom. The fourth-order valence-corrected chi connectivity index (χ4v) is 3.65. The van der Waals surface area contributed by atoms with E-state index in [1.54, 1.807) is 24.5 Å². The number of aryl methyl sites for hydroxylation is 2. The summed E-state index contributed by atoms with van der Waals surface area (Å²) in [5.74, 6) is 0.597. The number of amides is 1. The summed E-state index contributed by atoms with van der Waals surface area (Å²) >= 11 is 5.93. The molecule has 2 heterocycles. The first-order chi connectivity index (χ1) is 16.5. The van der Waals surface area contributed by atoms with Gasteiger partial charge in [-0.2, -0.15) is 5.10 Å². The van der Waals surface area contributed by atoms with E-state index in [2.05, 4.69) is 25.7 Å². The molecule has 0 saturated carbocycles. The van der Waals surface area contributed by atoms with Crippen molar-refractivity contribution in [3.63, 3.8) is 0 Å². The number of nitrogens with two attached hydrogens (primary N) is 1. The van der Waals surface area contributed by atoms with Crippen molar-refractivity contribution in [2.24, 2.45) is 5.73 Å². The van der Waals surface area contributed by atoms with Crippen molar-refractivity contribution in [2.75, 3.05) is 10.6 Å². The van der Waals surface area contributed by atoms with Crippen LogP contribution < -0.4 is 16.4 Å². The summed E-state index contributed by atoms with van der Waals surface area (Å²) in [7, 11) is 0. The first-order valence-electron chi connectivity index (χ1n) is 10.9. The lowest BCUT2D eigenvalue weighted by Crippen LogP contribution is -2.14. The Labute approximate surface area is 203 Å². The molecule has 0 aliphatic heterocycles. The van der Waals surface area contributed by atoms with E-state index in [1.165, 1.54) is 0 Å². The summed E-state index contributed by atoms with van der Waals surface area (Å²) in [4.78, 5) is 21.8. The molecular weight excluding hydrogens is 450 g/mol. The van der Waals surface area contributed by atoms with Crippen molar-refractivity contribution < 1.29 is 4.79 Å². The molecule has 0 bridgehead atoms. The monoisotopic (exact) mass is 475 g/mol. The van der Waals surface area contributed by atoms with Gasteiger partial charge in [0.2, 0.25) is 5.95 Å². The molecule has 4 rings (SSSR count). The first kappa shape index (κ1) is 23.4. The number of nitrogens with zero attached hydrogens (tertiary/aromatic N) is 4. The van der Waals surface area contributed by atoms with Gasteiger partial charge in [-0.3, -0.25) is 9.48 Å². The molecule has 0 saturated heterocycles. The summed E-state index contributed by atoms with van der Waals surface area (Å²) in [6.07, 6.45) is 5.54. The van der Waals surface area contributed by atoms with Crippen molar-refractivity contribution in [3.05, 3.63) is 83.3 Å². The van der Waals surface area contributed by atoms with Crippen LogP contribution in [-0.2, 0) is 19.0 Å². The minimum Gasteiger partial charge on any atom is -0.326 e. The number of benzene rings is 2. The molecule has 1 amide bonds. The van der Waals surface area contributed by atoms with E-state index >= 15 is 0 Å². The van der Waals surface area contributed by atoms with Crippen molar-refractivity contribution in [1.82, 2.24) is 19.7 Å². The minimum absolute atomic E-state index is 0.227. The third-order valence-corrected chi connectivity index (χ3v) is 5.71. The third kappa shape index (κ3) is 5.24. The maximum absolute atomic E-state index is 12.8. The third-order valence-electron chi connectivity index (χ3n) is 5.40. The Morgan fingerprint density at radius 2 is 1.94 bits per heavy atom.